The summed E-state index contributed by atoms with van der Waals surface area (Å²) >= 11 is 0. The minimum absolute atomic E-state index is 0.0892. The van der Waals surface area contributed by atoms with Gasteiger partial charge in [-0.1, -0.05) is 0 Å². The Labute approximate surface area is 134 Å². The van der Waals surface area contributed by atoms with Crippen molar-refractivity contribution in [2.45, 2.75) is 39.3 Å². The molecule has 0 saturated carbocycles. The number of carbonyl (C=O) groups is 1. The van der Waals surface area contributed by atoms with E-state index in [0.29, 0.717) is 23.5 Å². The van der Waals surface area contributed by atoms with Gasteiger partial charge in [-0.15, -0.1) is 0 Å². The van der Waals surface area contributed by atoms with Gasteiger partial charge in [0.1, 0.15) is 11.3 Å². The van der Waals surface area contributed by atoms with E-state index >= 15 is 0 Å². The van der Waals surface area contributed by atoms with E-state index in [0.717, 1.165) is 25.9 Å². The molecule has 1 amide bonds. The van der Waals surface area contributed by atoms with Crippen molar-refractivity contribution in [2.24, 2.45) is 5.92 Å². The summed E-state index contributed by atoms with van der Waals surface area (Å²) in [5, 5.41) is 2.98. The molecular formula is C17H22FN3O2. The summed E-state index contributed by atoms with van der Waals surface area (Å²) in [4.78, 5) is 18.6. The Hall–Kier alpha value is -1.95. The molecule has 2 heterocycles. The smallest absolute Gasteiger partial charge is 0.223 e. The first-order valence-electron chi connectivity index (χ1n) is 8.09. The fraction of sp³-hybridized carbons (Fsp3) is 0.529. The van der Waals surface area contributed by atoms with Crippen molar-refractivity contribution in [1.82, 2.24) is 15.2 Å². The average molecular weight is 319 g/mol. The topological polar surface area (TPSA) is 58.4 Å². The van der Waals surface area contributed by atoms with Crippen LogP contribution in [0.4, 0.5) is 4.39 Å². The number of halogens is 1. The monoisotopic (exact) mass is 319 g/mol. The van der Waals surface area contributed by atoms with Crippen molar-refractivity contribution in [2.75, 3.05) is 13.1 Å². The third-order valence-corrected chi connectivity index (χ3v) is 4.14. The number of aromatic nitrogens is 1. The van der Waals surface area contributed by atoms with Gasteiger partial charge in [0.2, 0.25) is 11.8 Å². The maximum Gasteiger partial charge on any atom is 0.223 e. The van der Waals surface area contributed by atoms with E-state index in [2.05, 4.69) is 15.2 Å². The van der Waals surface area contributed by atoms with Gasteiger partial charge in [0.15, 0.2) is 5.58 Å². The molecule has 1 N–H and O–H groups in total. The summed E-state index contributed by atoms with van der Waals surface area (Å²) in [6.45, 7) is 6.22. The molecule has 3 rings (SSSR count). The fourth-order valence-corrected chi connectivity index (χ4v) is 2.96. The first-order chi connectivity index (χ1) is 11.0. The number of nitrogens with one attached hydrogen (secondary N) is 1. The minimum Gasteiger partial charge on any atom is -0.439 e. The number of hydrogen-bond acceptors (Lipinski definition) is 4. The normalized spacial score (nSPS) is 17.0. The van der Waals surface area contributed by atoms with Gasteiger partial charge < -0.3 is 9.73 Å². The molecule has 0 atom stereocenters. The Morgan fingerprint density at radius 2 is 2.17 bits per heavy atom. The zero-order valence-corrected chi connectivity index (χ0v) is 13.5. The predicted molar refractivity (Wildman–Crippen MR) is 85.2 cm³/mol. The Kier molecular flexibility index (Phi) is 4.61. The fourth-order valence-electron chi connectivity index (χ4n) is 2.96. The average Bonchev–Trinajstić information content (AvgIpc) is 2.88. The summed E-state index contributed by atoms with van der Waals surface area (Å²) in [7, 11) is 0. The van der Waals surface area contributed by atoms with Crippen molar-refractivity contribution >= 4 is 17.0 Å². The van der Waals surface area contributed by atoms with E-state index in [1.165, 1.54) is 12.1 Å². The molecule has 1 aromatic heterocycles. The molecule has 0 bridgehead atoms. The van der Waals surface area contributed by atoms with E-state index in [1.54, 1.807) is 6.07 Å². The van der Waals surface area contributed by atoms with Crippen molar-refractivity contribution < 1.29 is 13.6 Å². The Morgan fingerprint density at radius 1 is 1.43 bits per heavy atom. The van der Waals surface area contributed by atoms with Crippen molar-refractivity contribution in [1.29, 1.82) is 0 Å². The predicted octanol–water partition coefficient (Wildman–Crippen LogP) is 2.70. The molecule has 0 unspecified atom stereocenters. The number of oxazole rings is 1. The lowest BCUT2D eigenvalue weighted by Gasteiger charge is -2.30. The highest BCUT2D eigenvalue weighted by atomic mass is 19.1. The van der Waals surface area contributed by atoms with Crippen LogP contribution in [-0.2, 0) is 11.3 Å². The van der Waals surface area contributed by atoms with Crippen LogP contribution in [0.1, 0.15) is 32.6 Å². The van der Waals surface area contributed by atoms with E-state index in [4.69, 9.17) is 4.42 Å². The number of nitrogens with zero attached hydrogens (tertiary/aromatic N) is 2. The quantitative estimate of drug-likeness (QED) is 0.941. The number of fused-ring (bicyclic) bond motifs is 1. The molecule has 2 aromatic rings. The van der Waals surface area contributed by atoms with Crippen molar-refractivity contribution in [3.63, 3.8) is 0 Å². The summed E-state index contributed by atoms with van der Waals surface area (Å²) < 4.78 is 18.8. The van der Waals surface area contributed by atoms with Gasteiger partial charge in [0, 0.05) is 18.0 Å². The standard InChI is InChI=1S/C17H22FN3O2/c1-11(2)19-17(22)12-5-7-21(8-6-12)10-16-20-14-9-13(18)3-4-15(14)23-16/h3-4,9,11-12H,5-8,10H2,1-2H3,(H,19,22). The molecule has 1 aliphatic rings. The maximum absolute atomic E-state index is 13.2. The van der Waals surface area contributed by atoms with Crippen LogP contribution < -0.4 is 5.32 Å². The summed E-state index contributed by atoms with van der Waals surface area (Å²) in [6.07, 6.45) is 1.68. The second kappa shape index (κ2) is 6.66. The molecule has 23 heavy (non-hydrogen) atoms. The Bertz CT molecular complexity index is 690. The molecule has 1 aliphatic heterocycles. The largest absolute Gasteiger partial charge is 0.439 e. The molecule has 1 saturated heterocycles. The highest BCUT2D eigenvalue weighted by Gasteiger charge is 2.26. The van der Waals surface area contributed by atoms with Gasteiger partial charge in [0.25, 0.3) is 0 Å². The van der Waals surface area contributed by atoms with Crippen LogP contribution in [0, 0.1) is 11.7 Å². The number of rotatable bonds is 4. The number of piperidine rings is 1. The van der Waals surface area contributed by atoms with Crippen LogP contribution in [0.5, 0.6) is 0 Å². The highest BCUT2D eigenvalue weighted by Crippen LogP contribution is 2.21. The van der Waals surface area contributed by atoms with Crippen LogP contribution in [0.2, 0.25) is 0 Å². The first-order valence-corrected chi connectivity index (χ1v) is 8.09. The second-order valence-corrected chi connectivity index (χ2v) is 6.43. The third kappa shape index (κ3) is 3.88. The van der Waals surface area contributed by atoms with Crippen LogP contribution in [0.15, 0.2) is 22.6 Å². The SMILES string of the molecule is CC(C)NC(=O)C1CCN(Cc2nc3cc(F)ccc3o2)CC1. The lowest BCUT2D eigenvalue weighted by atomic mass is 9.95. The van der Waals surface area contributed by atoms with Gasteiger partial charge in [-0.3, -0.25) is 9.69 Å². The molecule has 0 aliphatic carbocycles. The first kappa shape index (κ1) is 15.9. The molecule has 1 fully saturated rings. The maximum atomic E-state index is 13.2. The van der Waals surface area contributed by atoms with E-state index < -0.39 is 0 Å². The number of likely N-dealkylation sites (tertiary alicyclic amines) is 1. The minimum atomic E-state index is -0.311. The van der Waals surface area contributed by atoms with Gasteiger partial charge in [0.05, 0.1) is 6.54 Å². The van der Waals surface area contributed by atoms with Crippen LogP contribution in [0.3, 0.4) is 0 Å². The van der Waals surface area contributed by atoms with Gasteiger partial charge in [-0.05, 0) is 51.9 Å². The number of amides is 1. The number of carbonyl (C=O) groups excluding carboxylic acids is 1. The van der Waals surface area contributed by atoms with Gasteiger partial charge in [-0.2, -0.15) is 0 Å². The zero-order valence-electron chi connectivity index (χ0n) is 13.5. The van der Waals surface area contributed by atoms with Gasteiger partial charge >= 0.3 is 0 Å². The Morgan fingerprint density at radius 3 is 2.87 bits per heavy atom. The molecule has 0 radical (unpaired) electrons. The van der Waals surface area contributed by atoms with Gasteiger partial charge in [-0.25, -0.2) is 9.37 Å². The lowest BCUT2D eigenvalue weighted by molar-refractivity contribution is -0.127. The summed E-state index contributed by atoms with van der Waals surface area (Å²) in [5.41, 5.74) is 1.15. The number of benzene rings is 1. The molecule has 5 nitrogen and oxygen atoms in total. The summed E-state index contributed by atoms with van der Waals surface area (Å²) in [5.74, 6) is 0.522. The van der Waals surface area contributed by atoms with Crippen LogP contribution >= 0.6 is 0 Å². The van der Waals surface area contributed by atoms with E-state index in [9.17, 15) is 9.18 Å². The van der Waals surface area contributed by atoms with E-state index in [-0.39, 0.29) is 23.7 Å². The second-order valence-electron chi connectivity index (χ2n) is 6.43. The molecule has 124 valence electrons. The summed E-state index contributed by atoms with van der Waals surface area (Å²) in [6, 6.07) is 4.53. The van der Waals surface area contributed by atoms with Crippen LogP contribution in [0.25, 0.3) is 11.1 Å². The van der Waals surface area contributed by atoms with E-state index in [1.807, 2.05) is 13.8 Å². The Balaban J connectivity index is 1.56. The number of hydrogen-bond donors (Lipinski definition) is 1. The van der Waals surface area contributed by atoms with Crippen LogP contribution in [-0.4, -0.2) is 34.9 Å². The third-order valence-electron chi connectivity index (χ3n) is 4.14. The van der Waals surface area contributed by atoms with Crippen molar-refractivity contribution in [3.05, 3.63) is 29.9 Å². The zero-order chi connectivity index (χ0) is 16.4. The van der Waals surface area contributed by atoms with Crippen molar-refractivity contribution in [3.8, 4) is 0 Å². The highest BCUT2D eigenvalue weighted by molar-refractivity contribution is 5.79. The molecule has 1 aromatic carbocycles. The lowest BCUT2D eigenvalue weighted by Crippen LogP contribution is -2.42. The molecule has 0 spiro atoms. The molecular weight excluding hydrogens is 297 g/mol. The molecule has 6 heteroatoms.